The summed E-state index contributed by atoms with van der Waals surface area (Å²) in [5.74, 6) is 0. The Bertz CT molecular complexity index is 136. The molecule has 0 rings (SSSR count). The van der Waals surface area contributed by atoms with E-state index in [1.54, 1.807) is 0 Å². The molecule has 0 N–H and O–H groups in total. The third-order valence-electron chi connectivity index (χ3n) is 0. The Morgan fingerprint density at radius 2 is 0.273 bits per heavy atom. The minimum absolute atomic E-state index is 0. The second-order valence-corrected chi connectivity index (χ2v) is 10.1. The minimum Gasteiger partial charge on any atom is -0.286 e. The SMILES string of the molecule is [Fe+3].[K+].[O-][I+3]([O-])([O-])[O-].[O-][I+3]([O-])([O-])[O-].[O-][I+3]([O-])([O-])[O-].[O-][I+3]([O-])([O-])[O-]. The number of halogens is 4. The van der Waals surface area contributed by atoms with Gasteiger partial charge in [0.25, 0.3) is 0 Å². The van der Waals surface area contributed by atoms with Crippen molar-refractivity contribution in [3.05, 3.63) is 0 Å². The Hall–Kier alpha value is 4.44. The van der Waals surface area contributed by atoms with E-state index in [0.717, 1.165) is 0 Å². The summed E-state index contributed by atoms with van der Waals surface area (Å²) in [6, 6.07) is 0. The molecular weight excluding hydrogens is 859 g/mol. The van der Waals surface area contributed by atoms with Gasteiger partial charge in [0, 0.05) is 0 Å². The van der Waals surface area contributed by atoms with Crippen LogP contribution in [-0.2, 0) is 17.1 Å². The summed E-state index contributed by atoms with van der Waals surface area (Å²) in [5.41, 5.74) is 0. The van der Waals surface area contributed by atoms with Crippen molar-refractivity contribution < 1.29 is 204 Å². The normalized spacial score (nSPS) is 10.9. The van der Waals surface area contributed by atoms with Crippen molar-refractivity contribution in [2.45, 2.75) is 0 Å². The predicted octanol–water partition coefficient (Wildman–Crippen LogP) is -34.0. The molecule has 0 atom stereocenters. The van der Waals surface area contributed by atoms with E-state index in [9.17, 15) is 0 Å². The van der Waals surface area contributed by atoms with Crippen LogP contribution in [0.3, 0.4) is 0 Å². The fraction of sp³-hybridized carbons (Fsp3) is 0. The molecule has 0 saturated heterocycles. The van der Waals surface area contributed by atoms with Crippen molar-refractivity contribution in [1.82, 2.24) is 0 Å². The molecule has 0 aliphatic carbocycles. The average molecular weight is 859 g/mol. The maximum Gasteiger partial charge on any atom is 3.00 e. The van der Waals surface area contributed by atoms with Crippen LogP contribution >= 0.6 is 0 Å². The van der Waals surface area contributed by atoms with E-state index in [1.807, 2.05) is 0 Å². The summed E-state index contributed by atoms with van der Waals surface area (Å²) in [6.45, 7) is 0. The topological polar surface area (TPSA) is 369 Å². The van der Waals surface area contributed by atoms with Crippen LogP contribution in [0.25, 0.3) is 0 Å². The maximum absolute atomic E-state index is 8.62. The van der Waals surface area contributed by atoms with E-state index in [2.05, 4.69) is 0 Å². The van der Waals surface area contributed by atoms with Crippen LogP contribution < -0.4 is 187 Å². The molecule has 0 spiro atoms. The Morgan fingerprint density at radius 1 is 0.273 bits per heavy atom. The third kappa shape index (κ3) is 682. The molecule has 0 aromatic heterocycles. The first kappa shape index (κ1) is 41.0. The first-order valence-corrected chi connectivity index (χ1v) is 16.6. The van der Waals surface area contributed by atoms with Crippen LogP contribution in [0.5, 0.6) is 0 Å². The smallest absolute Gasteiger partial charge is 0.286 e. The Labute approximate surface area is 199 Å². The minimum atomic E-state index is -5.94. The Kier molecular flexibility index (Phi) is 35.0. The molecule has 22 heavy (non-hydrogen) atoms. The van der Waals surface area contributed by atoms with Gasteiger partial charge in [0.15, 0.2) is 0 Å². The van der Waals surface area contributed by atoms with Crippen molar-refractivity contribution in [1.29, 1.82) is 0 Å². The van der Waals surface area contributed by atoms with Crippen molar-refractivity contribution in [2.24, 2.45) is 0 Å². The first-order chi connectivity index (χ1) is 8.00. The molecule has 0 unspecified atom stereocenters. The number of hydrogen-bond donors (Lipinski definition) is 0. The molecule has 0 heterocycles. The van der Waals surface area contributed by atoms with E-state index >= 15 is 0 Å². The summed E-state index contributed by atoms with van der Waals surface area (Å²) in [6.07, 6.45) is 0. The zero-order valence-corrected chi connectivity index (χ0v) is 22.3. The van der Waals surface area contributed by atoms with Gasteiger partial charge in [-0.1, -0.05) is 0 Å². The van der Waals surface area contributed by atoms with Gasteiger partial charge in [-0.3, -0.25) is 55.0 Å². The molecule has 0 saturated carbocycles. The van der Waals surface area contributed by atoms with E-state index in [0.29, 0.717) is 0 Å². The maximum atomic E-state index is 8.62. The largest absolute Gasteiger partial charge is 3.00 e. The fourth-order valence-corrected chi connectivity index (χ4v) is 0. The van der Waals surface area contributed by atoms with Gasteiger partial charge in [-0.25, -0.2) is 0 Å². The van der Waals surface area contributed by atoms with E-state index < -0.39 is 80.4 Å². The van der Waals surface area contributed by atoms with Crippen LogP contribution in [0.4, 0.5) is 0 Å². The molecule has 1 radical (unpaired) electrons. The first-order valence-electron chi connectivity index (χ1n) is 2.47. The zero-order valence-electron chi connectivity index (χ0n) is 9.40. The van der Waals surface area contributed by atoms with E-state index in [1.165, 1.54) is 0 Å². The zero-order chi connectivity index (χ0) is 18.0. The molecule has 0 aliphatic heterocycles. The quantitative estimate of drug-likeness (QED) is 0.161. The molecule has 0 fully saturated rings. The second kappa shape index (κ2) is 18.8. The summed E-state index contributed by atoms with van der Waals surface area (Å²) in [5, 5.41) is 0. The molecule has 0 amide bonds. The molecule has 133 valence electrons. The van der Waals surface area contributed by atoms with Gasteiger partial charge in [0.1, 0.15) is 80.4 Å². The van der Waals surface area contributed by atoms with Gasteiger partial charge in [0.2, 0.25) is 0 Å². The van der Waals surface area contributed by atoms with E-state index in [-0.39, 0.29) is 68.5 Å². The van der Waals surface area contributed by atoms with Gasteiger partial charge >= 0.3 is 68.5 Å². The van der Waals surface area contributed by atoms with Crippen LogP contribution in [0, 0.1) is 0 Å². The number of rotatable bonds is 0. The van der Waals surface area contributed by atoms with Crippen molar-refractivity contribution in [3.8, 4) is 0 Å². The predicted molar refractivity (Wildman–Crippen MR) is 0 cm³/mol. The van der Waals surface area contributed by atoms with Crippen LogP contribution in [0.15, 0.2) is 0 Å². The van der Waals surface area contributed by atoms with E-state index in [4.69, 9.17) is 55.0 Å². The van der Waals surface area contributed by atoms with Gasteiger partial charge in [0.05, 0.1) is 0 Å². The Balaban J connectivity index is -0.0000000376. The van der Waals surface area contributed by atoms with Crippen molar-refractivity contribution >= 4 is 0 Å². The summed E-state index contributed by atoms with van der Waals surface area (Å²) in [7, 11) is 0. The van der Waals surface area contributed by atoms with Crippen LogP contribution in [0.2, 0.25) is 0 Å². The molecule has 16 nitrogen and oxygen atoms in total. The summed E-state index contributed by atoms with van der Waals surface area (Å²) >= 11 is -23.8. The van der Waals surface area contributed by atoms with Gasteiger partial charge < -0.3 is 0 Å². The Morgan fingerprint density at radius 3 is 0.273 bits per heavy atom. The molecule has 0 bridgehead atoms. The van der Waals surface area contributed by atoms with Crippen molar-refractivity contribution in [3.63, 3.8) is 0 Å². The monoisotopic (exact) mass is 858 g/mol. The fourth-order valence-electron chi connectivity index (χ4n) is 0. The van der Waals surface area contributed by atoms with Gasteiger partial charge in [-0.15, -0.1) is 0 Å². The third-order valence-corrected chi connectivity index (χ3v) is 0. The molecule has 22 heteroatoms. The van der Waals surface area contributed by atoms with Crippen LogP contribution in [0.1, 0.15) is 0 Å². The summed E-state index contributed by atoms with van der Waals surface area (Å²) < 4.78 is 138. The molecule has 0 aliphatic rings. The van der Waals surface area contributed by atoms with Gasteiger partial charge in [-0.2, -0.15) is 0 Å². The van der Waals surface area contributed by atoms with Gasteiger partial charge in [-0.05, 0) is 0 Å². The van der Waals surface area contributed by atoms with Crippen LogP contribution in [-0.4, -0.2) is 0 Å². The molecule has 0 aromatic carbocycles. The molecule has 0 aromatic rings. The average Bonchev–Trinajstić information content (AvgIpc) is 1.62. The number of hydrogen-bond acceptors (Lipinski definition) is 16. The summed E-state index contributed by atoms with van der Waals surface area (Å²) in [4.78, 5) is 0. The molecular formula is FeI4KO16. The van der Waals surface area contributed by atoms with Crippen molar-refractivity contribution in [2.75, 3.05) is 0 Å². The second-order valence-electron chi connectivity index (χ2n) is 1.51. The standard InChI is InChI=1S/Fe.4IO4.K/c;4*2-1(3,4)5;/q+3;4*-1;+1.